The van der Waals surface area contributed by atoms with Gasteiger partial charge in [-0.25, -0.2) is 9.59 Å². The van der Waals surface area contributed by atoms with Crippen molar-refractivity contribution in [2.75, 3.05) is 19.6 Å². The highest BCUT2D eigenvalue weighted by Crippen LogP contribution is 1.80. The Morgan fingerprint density at radius 1 is 1.23 bits per heavy atom. The van der Waals surface area contributed by atoms with Gasteiger partial charge in [-0.15, -0.1) is 0 Å². The highest BCUT2D eigenvalue weighted by atomic mass is 16.4. The second-order valence-electron chi connectivity index (χ2n) is 2.67. The fourth-order valence-corrected chi connectivity index (χ4v) is 0.798. The van der Waals surface area contributed by atoms with E-state index in [0.717, 1.165) is 19.6 Å². The molecular weight excluding hydrogens is 176 g/mol. The molecule has 0 amide bonds. The summed E-state index contributed by atoms with van der Waals surface area (Å²) in [5.41, 5.74) is 0. The molecule has 0 spiro atoms. The van der Waals surface area contributed by atoms with Crippen LogP contribution in [0.5, 0.6) is 0 Å². The minimum Gasteiger partial charge on any atom is -0.473 e. The second kappa shape index (κ2) is 6.38. The summed E-state index contributed by atoms with van der Waals surface area (Å²) >= 11 is 0. The van der Waals surface area contributed by atoms with Crippen LogP contribution in [0.4, 0.5) is 0 Å². The van der Waals surface area contributed by atoms with E-state index in [0.29, 0.717) is 6.04 Å². The molecule has 0 aliphatic carbocycles. The number of nitrogens with one attached hydrogen (secondary N) is 2. The largest absolute Gasteiger partial charge is 0.473 e. The van der Waals surface area contributed by atoms with Gasteiger partial charge in [0.1, 0.15) is 0 Å². The Morgan fingerprint density at radius 3 is 1.92 bits per heavy atom. The van der Waals surface area contributed by atoms with Gasteiger partial charge in [-0.3, -0.25) is 0 Å². The van der Waals surface area contributed by atoms with Crippen molar-refractivity contribution in [3.05, 3.63) is 0 Å². The summed E-state index contributed by atoms with van der Waals surface area (Å²) in [7, 11) is 0. The molecule has 4 N–H and O–H groups in total. The molecule has 1 unspecified atom stereocenters. The van der Waals surface area contributed by atoms with Crippen molar-refractivity contribution < 1.29 is 19.8 Å². The highest BCUT2D eigenvalue weighted by Gasteiger charge is 2.04. The van der Waals surface area contributed by atoms with Crippen LogP contribution in [0.1, 0.15) is 6.92 Å². The third-order valence-electron chi connectivity index (χ3n) is 1.43. The van der Waals surface area contributed by atoms with Gasteiger partial charge in [0.05, 0.1) is 0 Å². The average Bonchev–Trinajstić information content (AvgIpc) is 2.06. The van der Waals surface area contributed by atoms with Crippen molar-refractivity contribution in [3.8, 4) is 0 Å². The number of rotatable bonds is 0. The molecule has 1 heterocycles. The summed E-state index contributed by atoms with van der Waals surface area (Å²) in [4.78, 5) is 18.2. The molecule has 1 fully saturated rings. The van der Waals surface area contributed by atoms with Gasteiger partial charge >= 0.3 is 11.9 Å². The van der Waals surface area contributed by atoms with Gasteiger partial charge in [-0.1, -0.05) is 0 Å². The predicted octanol–water partition coefficient (Wildman–Crippen LogP) is -1.28. The number of hydrogen-bond acceptors (Lipinski definition) is 4. The summed E-state index contributed by atoms with van der Waals surface area (Å²) in [5, 5.41) is 21.4. The molecule has 1 aliphatic heterocycles. The number of carbonyl (C=O) groups is 2. The molecule has 1 rings (SSSR count). The lowest BCUT2D eigenvalue weighted by Gasteiger charge is -2.19. The molecule has 0 aromatic heterocycles. The van der Waals surface area contributed by atoms with Crippen LogP contribution in [-0.4, -0.2) is 47.8 Å². The molecule has 0 bridgehead atoms. The fourth-order valence-electron chi connectivity index (χ4n) is 0.798. The minimum atomic E-state index is -1.82. The summed E-state index contributed by atoms with van der Waals surface area (Å²) < 4.78 is 0. The van der Waals surface area contributed by atoms with Crippen molar-refractivity contribution in [1.82, 2.24) is 10.6 Å². The first-order valence-corrected chi connectivity index (χ1v) is 3.94. The van der Waals surface area contributed by atoms with Crippen molar-refractivity contribution in [1.29, 1.82) is 0 Å². The minimum absolute atomic E-state index is 0.675. The first kappa shape index (κ1) is 11.9. The Bertz CT molecular complexity index is 165. The molecule has 13 heavy (non-hydrogen) atoms. The lowest BCUT2D eigenvalue weighted by atomic mass is 10.3. The van der Waals surface area contributed by atoms with Crippen LogP contribution in [0.3, 0.4) is 0 Å². The maximum atomic E-state index is 9.10. The predicted molar refractivity (Wildman–Crippen MR) is 45.6 cm³/mol. The van der Waals surface area contributed by atoms with E-state index in [1.165, 1.54) is 0 Å². The number of carboxylic acids is 2. The van der Waals surface area contributed by atoms with Gasteiger partial charge in [0.2, 0.25) is 0 Å². The molecule has 1 atom stereocenters. The lowest BCUT2D eigenvalue weighted by Crippen LogP contribution is -2.46. The summed E-state index contributed by atoms with van der Waals surface area (Å²) in [6, 6.07) is 0.675. The molecule has 0 aromatic carbocycles. The van der Waals surface area contributed by atoms with Crippen molar-refractivity contribution >= 4 is 11.9 Å². The van der Waals surface area contributed by atoms with Crippen LogP contribution in [-0.2, 0) is 9.59 Å². The van der Waals surface area contributed by atoms with E-state index in [9.17, 15) is 0 Å². The molecule has 1 saturated heterocycles. The maximum Gasteiger partial charge on any atom is 0.414 e. The Balaban J connectivity index is 0.000000226. The first-order valence-electron chi connectivity index (χ1n) is 3.94. The Morgan fingerprint density at radius 2 is 1.77 bits per heavy atom. The van der Waals surface area contributed by atoms with E-state index in [-0.39, 0.29) is 0 Å². The van der Waals surface area contributed by atoms with E-state index in [1.54, 1.807) is 0 Å². The van der Waals surface area contributed by atoms with Crippen LogP contribution >= 0.6 is 0 Å². The van der Waals surface area contributed by atoms with Crippen molar-refractivity contribution in [2.45, 2.75) is 13.0 Å². The van der Waals surface area contributed by atoms with Crippen LogP contribution < -0.4 is 10.6 Å². The second-order valence-corrected chi connectivity index (χ2v) is 2.67. The molecule has 0 saturated carbocycles. The maximum absolute atomic E-state index is 9.10. The molecule has 6 nitrogen and oxygen atoms in total. The first-order chi connectivity index (χ1) is 6.04. The smallest absolute Gasteiger partial charge is 0.414 e. The summed E-state index contributed by atoms with van der Waals surface area (Å²) in [6.07, 6.45) is 0. The summed E-state index contributed by atoms with van der Waals surface area (Å²) in [5.74, 6) is -3.65. The molecule has 0 aromatic rings. The monoisotopic (exact) mass is 190 g/mol. The van der Waals surface area contributed by atoms with Gasteiger partial charge in [-0.2, -0.15) is 0 Å². The van der Waals surface area contributed by atoms with E-state index < -0.39 is 11.9 Å². The third kappa shape index (κ3) is 7.23. The standard InChI is InChI=1S/C5H12N2.C2H2O4/c1-5-4-6-2-3-7-5;3-1(4)2(5)6/h5-7H,2-4H2,1H3;(H,3,4)(H,5,6). The zero-order valence-electron chi connectivity index (χ0n) is 7.41. The quantitative estimate of drug-likeness (QED) is 0.355. The van der Waals surface area contributed by atoms with Crippen LogP contribution in [0.15, 0.2) is 0 Å². The topological polar surface area (TPSA) is 98.7 Å². The number of hydrogen-bond donors (Lipinski definition) is 4. The zero-order valence-corrected chi connectivity index (χ0v) is 7.41. The van der Waals surface area contributed by atoms with Crippen molar-refractivity contribution in [3.63, 3.8) is 0 Å². The van der Waals surface area contributed by atoms with Crippen LogP contribution in [0, 0.1) is 0 Å². The van der Waals surface area contributed by atoms with Gasteiger partial charge in [0.15, 0.2) is 0 Å². The Kier molecular flexibility index (Phi) is 5.82. The molecule has 76 valence electrons. The Labute approximate surface area is 75.9 Å². The van der Waals surface area contributed by atoms with Crippen LogP contribution in [0.2, 0.25) is 0 Å². The Hall–Kier alpha value is -1.14. The number of aliphatic carboxylic acids is 2. The lowest BCUT2D eigenvalue weighted by molar-refractivity contribution is -0.159. The van der Waals surface area contributed by atoms with Gasteiger partial charge in [0.25, 0.3) is 0 Å². The number of piperazine rings is 1. The molecule has 6 heteroatoms. The SMILES string of the molecule is CC1CNCCN1.O=C(O)C(=O)O. The normalized spacial score (nSPS) is 21.2. The zero-order chi connectivity index (χ0) is 10.3. The summed E-state index contributed by atoms with van der Waals surface area (Å²) in [6.45, 7) is 5.57. The third-order valence-corrected chi connectivity index (χ3v) is 1.43. The molecule has 1 aliphatic rings. The average molecular weight is 190 g/mol. The molecular formula is C7H14N2O4. The fraction of sp³-hybridized carbons (Fsp3) is 0.714. The van der Waals surface area contributed by atoms with Gasteiger partial charge in [0, 0.05) is 25.7 Å². The number of carboxylic acid groups (broad SMARTS) is 2. The van der Waals surface area contributed by atoms with E-state index in [1.807, 2.05) is 0 Å². The van der Waals surface area contributed by atoms with E-state index in [2.05, 4.69) is 17.6 Å². The highest BCUT2D eigenvalue weighted by molar-refractivity contribution is 6.27. The van der Waals surface area contributed by atoms with Crippen LogP contribution in [0.25, 0.3) is 0 Å². The van der Waals surface area contributed by atoms with Gasteiger partial charge < -0.3 is 20.8 Å². The van der Waals surface area contributed by atoms with E-state index >= 15 is 0 Å². The van der Waals surface area contributed by atoms with E-state index in [4.69, 9.17) is 19.8 Å². The van der Waals surface area contributed by atoms with Gasteiger partial charge in [-0.05, 0) is 6.92 Å². The molecule has 0 radical (unpaired) electrons. The van der Waals surface area contributed by atoms with Crippen molar-refractivity contribution in [2.24, 2.45) is 0 Å².